The molecule has 0 saturated carbocycles. The van der Waals surface area contributed by atoms with E-state index in [0.717, 1.165) is 55.4 Å². The lowest BCUT2D eigenvalue weighted by Gasteiger charge is -2.35. The first kappa shape index (κ1) is 25.5. The van der Waals surface area contributed by atoms with Crippen LogP contribution < -0.4 is 0 Å². The predicted molar refractivity (Wildman–Crippen MR) is 147 cm³/mol. The van der Waals surface area contributed by atoms with Crippen LogP contribution in [0.2, 0.25) is 0 Å². The maximum Gasteiger partial charge on any atom is 0.254 e. The minimum absolute atomic E-state index is 0.0166. The number of nitrogens with zero attached hydrogens (tertiary/aromatic N) is 2. The number of fused-ring (bicyclic) bond motifs is 1. The Morgan fingerprint density at radius 2 is 1.71 bits per heavy atom. The van der Waals surface area contributed by atoms with Crippen molar-refractivity contribution in [3.8, 4) is 0 Å². The highest BCUT2D eigenvalue weighted by Crippen LogP contribution is 2.37. The lowest BCUT2D eigenvalue weighted by Crippen LogP contribution is -2.41. The van der Waals surface area contributed by atoms with Gasteiger partial charge in [-0.2, -0.15) is 0 Å². The molecule has 3 aliphatic rings. The smallest absolute Gasteiger partial charge is 0.254 e. The van der Waals surface area contributed by atoms with Crippen molar-refractivity contribution in [2.45, 2.75) is 44.5 Å². The third-order valence-corrected chi connectivity index (χ3v) is 8.73. The topological polar surface area (TPSA) is 42.0 Å². The van der Waals surface area contributed by atoms with Gasteiger partial charge < -0.3 is 19.3 Å². The second-order valence-corrected chi connectivity index (χ2v) is 11.7. The first-order valence-corrected chi connectivity index (χ1v) is 13.9. The quantitative estimate of drug-likeness (QED) is 0.436. The fraction of sp³-hybridized carbons (Fsp3) is 0.469. The number of carbonyl (C=O) groups is 1. The monoisotopic (exact) mass is 516 g/mol. The van der Waals surface area contributed by atoms with Crippen LogP contribution >= 0.6 is 0 Å². The van der Waals surface area contributed by atoms with Crippen molar-refractivity contribution >= 4 is 16.7 Å². The summed E-state index contributed by atoms with van der Waals surface area (Å²) in [6, 6.07) is 21.1. The molecule has 3 fully saturated rings. The van der Waals surface area contributed by atoms with Gasteiger partial charge in [0.15, 0.2) is 5.79 Å². The number of ether oxygens (including phenoxy) is 2. The normalized spacial score (nSPS) is 26.3. The Morgan fingerprint density at radius 3 is 2.45 bits per heavy atom. The van der Waals surface area contributed by atoms with Crippen molar-refractivity contribution in [3.05, 3.63) is 83.7 Å². The average Bonchev–Trinajstić information content (AvgIpc) is 3.51. The lowest BCUT2D eigenvalue weighted by molar-refractivity contribution is -0.145. The van der Waals surface area contributed by atoms with Crippen molar-refractivity contribution in [2.75, 3.05) is 39.3 Å². The van der Waals surface area contributed by atoms with Crippen LogP contribution in [0.15, 0.2) is 66.7 Å². The zero-order valence-electron chi connectivity index (χ0n) is 22.3. The van der Waals surface area contributed by atoms with Crippen molar-refractivity contribution in [3.63, 3.8) is 0 Å². The zero-order valence-corrected chi connectivity index (χ0v) is 22.3. The molecule has 0 aliphatic carbocycles. The van der Waals surface area contributed by atoms with Crippen molar-refractivity contribution in [2.24, 2.45) is 11.8 Å². The second kappa shape index (κ2) is 10.4. The summed E-state index contributed by atoms with van der Waals surface area (Å²) in [7, 11) is 0. The van der Waals surface area contributed by atoms with Crippen LogP contribution in [0.3, 0.4) is 0 Å². The van der Waals surface area contributed by atoms with Crippen molar-refractivity contribution < 1.29 is 18.7 Å². The molecule has 38 heavy (non-hydrogen) atoms. The maximum atomic E-state index is 13.8. The van der Waals surface area contributed by atoms with Gasteiger partial charge in [-0.15, -0.1) is 0 Å². The number of rotatable bonds is 5. The fourth-order valence-electron chi connectivity index (χ4n) is 6.70. The first-order valence-electron chi connectivity index (χ1n) is 13.9. The number of benzene rings is 3. The van der Waals surface area contributed by atoms with E-state index in [1.807, 2.05) is 61.2 Å². The molecule has 3 aromatic carbocycles. The summed E-state index contributed by atoms with van der Waals surface area (Å²) in [4.78, 5) is 18.4. The van der Waals surface area contributed by atoms with Gasteiger partial charge in [-0.05, 0) is 86.1 Å². The van der Waals surface area contributed by atoms with E-state index in [-0.39, 0.29) is 23.7 Å². The molecule has 3 heterocycles. The van der Waals surface area contributed by atoms with E-state index in [0.29, 0.717) is 25.0 Å². The van der Waals surface area contributed by atoms with Gasteiger partial charge in [-0.25, -0.2) is 4.39 Å². The van der Waals surface area contributed by atoms with Crippen molar-refractivity contribution in [1.29, 1.82) is 0 Å². The Hall–Kier alpha value is -2.80. The molecule has 6 rings (SSSR count). The van der Waals surface area contributed by atoms with Gasteiger partial charge in [0.05, 0.1) is 12.7 Å². The van der Waals surface area contributed by atoms with Gasteiger partial charge >= 0.3 is 0 Å². The standard InChI is InChI=1S/C32H37FN2O3/c1-32(2)37-21-30(38-32)29-20-35(31(36)28-9-5-7-24-6-3-4-8-27(24)28)19-25(29)18-34-16-14-23(15-17-34)22-10-12-26(33)13-11-22/h3-13,23,25,29-30H,14-21H2,1-2H3/t25?,29-,30?/m1/s1. The molecule has 0 radical (unpaired) electrons. The Bertz CT molecular complexity index is 1280. The highest BCUT2D eigenvalue weighted by molar-refractivity contribution is 6.07. The third-order valence-electron chi connectivity index (χ3n) is 8.73. The number of amides is 1. The summed E-state index contributed by atoms with van der Waals surface area (Å²) in [5, 5.41) is 2.09. The fourth-order valence-corrected chi connectivity index (χ4v) is 6.70. The number of piperidine rings is 1. The molecule has 3 aliphatic heterocycles. The molecule has 6 heteroatoms. The highest BCUT2D eigenvalue weighted by atomic mass is 19.1. The van der Waals surface area contributed by atoms with Crippen LogP contribution in [0.4, 0.5) is 4.39 Å². The molecule has 1 amide bonds. The number of likely N-dealkylation sites (tertiary alicyclic amines) is 2. The van der Waals surface area contributed by atoms with Crippen LogP contribution in [-0.2, 0) is 9.47 Å². The van der Waals surface area contributed by atoms with Gasteiger partial charge in [-0.1, -0.05) is 48.5 Å². The van der Waals surface area contributed by atoms with Crippen LogP contribution in [-0.4, -0.2) is 66.9 Å². The van der Waals surface area contributed by atoms with Crippen molar-refractivity contribution in [1.82, 2.24) is 9.80 Å². The summed E-state index contributed by atoms with van der Waals surface area (Å²) in [6.45, 7) is 8.88. The van der Waals surface area contributed by atoms with Gasteiger partial charge in [-0.3, -0.25) is 4.79 Å². The minimum Gasteiger partial charge on any atom is -0.348 e. The number of carbonyl (C=O) groups excluding carboxylic acids is 1. The van der Waals surface area contributed by atoms with E-state index in [1.54, 1.807) is 12.1 Å². The SMILES string of the molecule is CC1(C)OCC([C@@H]2CN(C(=O)c3cccc4ccccc34)CC2CN2CCC(c3ccc(F)cc3)CC2)O1. The molecule has 5 nitrogen and oxygen atoms in total. The number of hydrogen-bond donors (Lipinski definition) is 0. The summed E-state index contributed by atoms with van der Waals surface area (Å²) < 4.78 is 25.7. The second-order valence-electron chi connectivity index (χ2n) is 11.7. The molecular formula is C32H37FN2O3. The summed E-state index contributed by atoms with van der Waals surface area (Å²) in [5.41, 5.74) is 2.00. The van der Waals surface area contributed by atoms with Crippen LogP contribution in [0, 0.1) is 17.7 Å². The zero-order chi connectivity index (χ0) is 26.3. The third kappa shape index (κ3) is 5.22. The molecule has 0 bridgehead atoms. The average molecular weight is 517 g/mol. The molecule has 3 atom stereocenters. The minimum atomic E-state index is -0.588. The van der Waals surface area contributed by atoms with Gasteiger partial charge in [0.25, 0.3) is 5.91 Å². The van der Waals surface area contributed by atoms with E-state index >= 15 is 0 Å². The largest absolute Gasteiger partial charge is 0.348 e. The van der Waals surface area contributed by atoms with E-state index in [9.17, 15) is 9.18 Å². The summed E-state index contributed by atoms with van der Waals surface area (Å²) in [5.74, 6) is 0.354. The van der Waals surface area contributed by atoms with E-state index in [4.69, 9.17) is 9.47 Å². The number of hydrogen-bond acceptors (Lipinski definition) is 4. The van der Waals surface area contributed by atoms with Crippen LogP contribution in [0.25, 0.3) is 10.8 Å². The Labute approximate surface area is 224 Å². The molecule has 3 saturated heterocycles. The van der Waals surface area contributed by atoms with Crippen LogP contribution in [0.5, 0.6) is 0 Å². The maximum absolute atomic E-state index is 13.8. The Kier molecular flexibility index (Phi) is 6.97. The van der Waals surface area contributed by atoms with Gasteiger partial charge in [0.2, 0.25) is 0 Å². The molecule has 0 N–H and O–H groups in total. The Balaban J connectivity index is 1.17. The molecular weight excluding hydrogens is 479 g/mol. The van der Waals surface area contributed by atoms with Crippen LogP contribution in [0.1, 0.15) is 48.5 Å². The molecule has 0 spiro atoms. The first-order chi connectivity index (χ1) is 18.4. The molecule has 2 unspecified atom stereocenters. The summed E-state index contributed by atoms with van der Waals surface area (Å²) in [6.07, 6.45) is 2.12. The van der Waals surface area contributed by atoms with E-state index < -0.39 is 5.79 Å². The number of halogens is 1. The molecule has 0 aromatic heterocycles. The summed E-state index contributed by atoms with van der Waals surface area (Å²) >= 11 is 0. The lowest BCUT2D eigenvalue weighted by atomic mass is 9.87. The van der Waals surface area contributed by atoms with Gasteiger partial charge in [0.1, 0.15) is 5.82 Å². The van der Waals surface area contributed by atoms with Gasteiger partial charge in [0, 0.05) is 31.1 Å². The molecule has 200 valence electrons. The highest BCUT2D eigenvalue weighted by Gasteiger charge is 2.46. The van der Waals surface area contributed by atoms with E-state index in [1.165, 1.54) is 5.56 Å². The predicted octanol–water partition coefficient (Wildman–Crippen LogP) is 5.70. The molecule has 3 aromatic rings. The Morgan fingerprint density at radius 1 is 0.974 bits per heavy atom. The van der Waals surface area contributed by atoms with E-state index in [2.05, 4.69) is 17.0 Å².